The topological polar surface area (TPSA) is 51.4 Å². The average Bonchev–Trinajstić information content (AvgIpc) is 3.56. The van der Waals surface area contributed by atoms with Crippen molar-refractivity contribution >= 4 is 39.8 Å². The van der Waals surface area contributed by atoms with Crippen LogP contribution < -0.4 is 18.9 Å². The van der Waals surface area contributed by atoms with E-state index >= 15 is 0 Å². The van der Waals surface area contributed by atoms with E-state index in [-0.39, 0.29) is 0 Å². The highest BCUT2D eigenvalue weighted by Gasteiger charge is 2.17. The fourth-order valence-corrected chi connectivity index (χ4v) is 6.12. The number of methoxy groups -OCH3 is 2. The monoisotopic (exact) mass is 617 g/mol. The summed E-state index contributed by atoms with van der Waals surface area (Å²) >= 11 is 1.26. The molecule has 2 aromatic heterocycles. The Labute approximate surface area is 269 Å². The van der Waals surface area contributed by atoms with Gasteiger partial charge in [-0.3, -0.25) is 0 Å². The molecule has 0 radical (unpaired) electrons. The second-order valence-electron chi connectivity index (χ2n) is 12.1. The van der Waals surface area contributed by atoms with Crippen LogP contribution >= 0.6 is 11.7 Å². The van der Waals surface area contributed by atoms with Crippen molar-refractivity contribution in [1.29, 1.82) is 0 Å². The van der Waals surface area contributed by atoms with E-state index in [0.29, 0.717) is 0 Å². The van der Waals surface area contributed by atoms with Gasteiger partial charge in [0, 0.05) is 40.3 Å². The van der Waals surface area contributed by atoms with E-state index in [1.54, 1.807) is 14.2 Å². The van der Waals surface area contributed by atoms with Gasteiger partial charge in [-0.1, -0.05) is 24.3 Å². The van der Waals surface area contributed by atoms with Crippen molar-refractivity contribution in [3.63, 3.8) is 0 Å². The summed E-state index contributed by atoms with van der Waals surface area (Å²) in [6, 6.07) is 33.5. The number of anilines is 3. The maximum Gasteiger partial charge on any atom is 0.169 e. The molecule has 0 aliphatic carbocycles. The van der Waals surface area contributed by atoms with E-state index in [0.717, 1.165) is 85.8 Å². The summed E-state index contributed by atoms with van der Waals surface area (Å²) in [7, 11) is 10.1. The second kappa shape index (κ2) is 13.1. The fraction of sp³-hybridized carbons (Fsp3) is 0.216. The molecule has 0 amide bonds. The number of hydrogen-bond donors (Lipinski definition) is 0. The zero-order chi connectivity index (χ0) is 31.4. The zero-order valence-electron chi connectivity index (χ0n) is 26.5. The van der Waals surface area contributed by atoms with Gasteiger partial charge in [0.1, 0.15) is 22.5 Å². The van der Waals surface area contributed by atoms with E-state index in [2.05, 4.69) is 116 Å². The van der Waals surface area contributed by atoms with E-state index in [1.807, 2.05) is 24.3 Å². The molecule has 0 spiro atoms. The molecule has 7 nitrogen and oxygen atoms in total. The molecular formula is C37H39N5O2S+2. The number of pyridine rings is 1. The van der Waals surface area contributed by atoms with Crippen molar-refractivity contribution < 1.29 is 18.5 Å². The molecular weight excluding hydrogens is 579 g/mol. The molecule has 0 unspecified atom stereocenters. The number of fused-ring (bicyclic) bond motifs is 1. The molecule has 4 aromatic carbocycles. The van der Waals surface area contributed by atoms with Gasteiger partial charge in [0.2, 0.25) is 0 Å². The molecule has 0 saturated heterocycles. The molecule has 0 bridgehead atoms. The highest BCUT2D eigenvalue weighted by Crippen LogP contribution is 2.39. The number of quaternary nitrogens is 1. The summed E-state index contributed by atoms with van der Waals surface area (Å²) in [5.41, 5.74) is 9.36. The van der Waals surface area contributed by atoms with Gasteiger partial charge in [0.15, 0.2) is 18.9 Å². The van der Waals surface area contributed by atoms with Crippen LogP contribution in [-0.4, -0.2) is 55.1 Å². The lowest BCUT2D eigenvalue weighted by molar-refractivity contribution is -0.873. The van der Waals surface area contributed by atoms with E-state index in [9.17, 15) is 0 Å². The Morgan fingerprint density at radius 1 is 0.622 bits per heavy atom. The van der Waals surface area contributed by atoms with Gasteiger partial charge in [-0.05, 0) is 71.8 Å². The number of ether oxygens (including phenoxy) is 2. The van der Waals surface area contributed by atoms with Crippen molar-refractivity contribution in [3.8, 4) is 33.8 Å². The van der Waals surface area contributed by atoms with Crippen LogP contribution in [-0.2, 0) is 6.54 Å². The Balaban J connectivity index is 1.29. The predicted molar refractivity (Wildman–Crippen MR) is 184 cm³/mol. The smallest absolute Gasteiger partial charge is 0.169 e. The molecule has 0 atom stereocenters. The minimum Gasteiger partial charge on any atom is -0.497 e. The predicted octanol–water partition coefficient (Wildman–Crippen LogP) is 7.90. The molecule has 0 aliphatic rings. The molecule has 0 saturated carbocycles. The molecule has 0 N–H and O–H groups in total. The quantitative estimate of drug-likeness (QED) is 0.109. The van der Waals surface area contributed by atoms with Crippen molar-refractivity contribution in [2.45, 2.75) is 13.0 Å². The molecule has 45 heavy (non-hydrogen) atoms. The Kier molecular flexibility index (Phi) is 8.78. The van der Waals surface area contributed by atoms with Crippen molar-refractivity contribution in [1.82, 2.24) is 8.75 Å². The minimum absolute atomic E-state index is 0.818. The Morgan fingerprint density at radius 3 is 1.51 bits per heavy atom. The van der Waals surface area contributed by atoms with Crippen LogP contribution in [0.5, 0.6) is 11.5 Å². The van der Waals surface area contributed by atoms with Gasteiger partial charge in [-0.2, -0.15) is 8.75 Å². The summed E-state index contributed by atoms with van der Waals surface area (Å²) in [5, 5.41) is 0. The van der Waals surface area contributed by atoms with Crippen LogP contribution in [0, 0.1) is 0 Å². The number of nitrogens with zero attached hydrogens (tertiary/aromatic N) is 5. The third kappa shape index (κ3) is 6.82. The van der Waals surface area contributed by atoms with Crippen LogP contribution in [0.1, 0.15) is 6.42 Å². The van der Waals surface area contributed by atoms with Crippen LogP contribution in [0.4, 0.5) is 17.1 Å². The molecule has 2 heterocycles. The number of hydrogen-bond acceptors (Lipinski definition) is 6. The van der Waals surface area contributed by atoms with Crippen molar-refractivity contribution in [2.75, 3.05) is 46.8 Å². The summed E-state index contributed by atoms with van der Waals surface area (Å²) in [5.74, 6) is 1.64. The van der Waals surface area contributed by atoms with E-state index in [1.165, 1.54) is 11.7 Å². The van der Waals surface area contributed by atoms with Gasteiger partial charge >= 0.3 is 0 Å². The van der Waals surface area contributed by atoms with Crippen LogP contribution in [0.25, 0.3) is 33.3 Å². The number of rotatable bonds is 11. The minimum atomic E-state index is 0.818. The second-order valence-corrected chi connectivity index (χ2v) is 12.6. The molecule has 8 heteroatoms. The standard InChI is InChI=1S/C37H39N5O2S/c1-42(2,3)26-6-23-40-24-21-28(22-25-40)35-20-19-34(36-37(35)39-45-38-36)27-7-9-29(10-8-27)41(30-11-15-32(43-4)16-12-30)31-13-17-33(44-5)18-14-31/h7-22,24-25H,6,23,26H2,1-5H3/q+2. The van der Waals surface area contributed by atoms with Crippen molar-refractivity contribution in [2.24, 2.45) is 0 Å². The first-order valence-corrected chi connectivity index (χ1v) is 15.8. The lowest BCUT2D eigenvalue weighted by Crippen LogP contribution is -2.39. The van der Waals surface area contributed by atoms with Gasteiger partial charge in [0.25, 0.3) is 0 Å². The molecule has 0 fully saturated rings. The summed E-state index contributed by atoms with van der Waals surface area (Å²) in [6.07, 6.45) is 5.47. The Hall–Kier alpha value is -4.79. The first kappa shape index (κ1) is 30.2. The highest BCUT2D eigenvalue weighted by molar-refractivity contribution is 7.00. The largest absolute Gasteiger partial charge is 0.497 e. The number of aromatic nitrogens is 3. The average molecular weight is 618 g/mol. The van der Waals surface area contributed by atoms with Crippen LogP contribution in [0.2, 0.25) is 0 Å². The maximum absolute atomic E-state index is 5.40. The zero-order valence-corrected chi connectivity index (χ0v) is 27.3. The Bertz CT molecular complexity index is 1810. The molecule has 0 aliphatic heterocycles. The fourth-order valence-electron chi connectivity index (χ4n) is 5.55. The highest BCUT2D eigenvalue weighted by atomic mass is 32.1. The maximum atomic E-state index is 5.40. The first-order chi connectivity index (χ1) is 21.8. The van der Waals surface area contributed by atoms with Gasteiger partial charge < -0.3 is 18.9 Å². The third-order valence-electron chi connectivity index (χ3n) is 7.96. The molecule has 228 valence electrons. The van der Waals surface area contributed by atoms with Gasteiger partial charge in [-0.25, -0.2) is 4.57 Å². The lowest BCUT2D eigenvalue weighted by Gasteiger charge is -2.26. The van der Waals surface area contributed by atoms with Crippen molar-refractivity contribution in [3.05, 3.63) is 109 Å². The lowest BCUT2D eigenvalue weighted by atomic mass is 9.98. The number of aryl methyl sites for hydroxylation is 1. The van der Waals surface area contributed by atoms with Gasteiger partial charge in [-0.15, -0.1) is 0 Å². The third-order valence-corrected chi connectivity index (χ3v) is 8.49. The van der Waals surface area contributed by atoms with E-state index in [4.69, 9.17) is 18.2 Å². The van der Waals surface area contributed by atoms with E-state index < -0.39 is 0 Å². The molecule has 6 aromatic rings. The first-order valence-electron chi connectivity index (χ1n) is 15.1. The summed E-state index contributed by atoms with van der Waals surface area (Å²) in [6.45, 7) is 2.15. The normalized spacial score (nSPS) is 11.5. The van der Waals surface area contributed by atoms with Crippen LogP contribution in [0.3, 0.4) is 0 Å². The SMILES string of the molecule is COc1ccc(N(c2ccc(OC)cc2)c2ccc(-c3ccc(-c4cc[n+](CCC[N+](C)(C)C)cc4)c4nsnc34)cc2)cc1. The summed E-state index contributed by atoms with van der Waals surface area (Å²) in [4.78, 5) is 2.22. The summed E-state index contributed by atoms with van der Waals surface area (Å²) < 4.78 is 23.5. The number of benzene rings is 4. The van der Waals surface area contributed by atoms with Gasteiger partial charge in [0.05, 0.1) is 60.1 Å². The van der Waals surface area contributed by atoms with Crippen LogP contribution in [0.15, 0.2) is 109 Å². The Morgan fingerprint density at radius 2 is 1.07 bits per heavy atom. The molecule has 6 rings (SSSR count).